The molecule has 8 heteroatoms. The SMILES string of the molecule is CCN(Cc1nc(COC)no1)C(=O)c1cc(=O)c2ccccc2o1. The monoisotopic (exact) mass is 343 g/mol. The van der Waals surface area contributed by atoms with Crippen LogP contribution in [0.1, 0.15) is 29.2 Å². The van der Waals surface area contributed by atoms with Crippen molar-refractivity contribution in [3.8, 4) is 0 Å². The molecular weight excluding hydrogens is 326 g/mol. The number of carbonyl (C=O) groups excluding carboxylic acids is 1. The largest absolute Gasteiger partial charge is 0.451 e. The molecule has 0 radical (unpaired) electrons. The molecule has 8 nitrogen and oxygen atoms in total. The maximum atomic E-state index is 12.7. The molecule has 0 N–H and O–H groups in total. The summed E-state index contributed by atoms with van der Waals surface area (Å²) in [6, 6.07) is 8.00. The third-order valence-electron chi connectivity index (χ3n) is 3.62. The molecule has 0 saturated carbocycles. The van der Waals surface area contributed by atoms with Crippen molar-refractivity contribution in [3.63, 3.8) is 0 Å². The summed E-state index contributed by atoms with van der Waals surface area (Å²) in [4.78, 5) is 30.4. The number of nitrogens with zero attached hydrogens (tertiary/aromatic N) is 3. The Hall–Kier alpha value is -3.00. The van der Waals surface area contributed by atoms with Crippen molar-refractivity contribution in [2.24, 2.45) is 0 Å². The van der Waals surface area contributed by atoms with Gasteiger partial charge in [0.2, 0.25) is 5.89 Å². The van der Waals surface area contributed by atoms with Gasteiger partial charge in [-0.2, -0.15) is 4.98 Å². The van der Waals surface area contributed by atoms with Crippen LogP contribution in [0.2, 0.25) is 0 Å². The Bertz CT molecular complexity index is 947. The molecule has 130 valence electrons. The Balaban J connectivity index is 1.85. The molecule has 1 amide bonds. The highest BCUT2D eigenvalue weighted by Gasteiger charge is 2.21. The molecule has 3 rings (SSSR count). The molecule has 2 heterocycles. The quantitative estimate of drug-likeness (QED) is 0.675. The van der Waals surface area contributed by atoms with Gasteiger partial charge in [0.25, 0.3) is 5.91 Å². The fourth-order valence-corrected chi connectivity index (χ4v) is 2.40. The van der Waals surface area contributed by atoms with Gasteiger partial charge in [-0.1, -0.05) is 17.3 Å². The third kappa shape index (κ3) is 3.58. The van der Waals surface area contributed by atoms with E-state index in [2.05, 4.69) is 10.1 Å². The highest BCUT2D eigenvalue weighted by molar-refractivity contribution is 5.93. The zero-order chi connectivity index (χ0) is 17.8. The van der Waals surface area contributed by atoms with Crippen LogP contribution in [-0.2, 0) is 17.9 Å². The van der Waals surface area contributed by atoms with Crippen LogP contribution in [0.3, 0.4) is 0 Å². The van der Waals surface area contributed by atoms with Crippen molar-refractivity contribution in [1.29, 1.82) is 0 Å². The van der Waals surface area contributed by atoms with Gasteiger partial charge in [-0.15, -0.1) is 0 Å². The molecule has 1 aromatic carbocycles. The Morgan fingerprint density at radius 2 is 2.12 bits per heavy atom. The van der Waals surface area contributed by atoms with Gasteiger partial charge in [-0.3, -0.25) is 9.59 Å². The number of hydrogen-bond donors (Lipinski definition) is 0. The molecule has 3 aromatic rings. The van der Waals surface area contributed by atoms with Crippen LogP contribution in [0.4, 0.5) is 0 Å². The van der Waals surface area contributed by atoms with Crippen molar-refractivity contribution < 1.29 is 18.5 Å². The van der Waals surface area contributed by atoms with E-state index in [1.165, 1.54) is 18.1 Å². The Morgan fingerprint density at radius 1 is 1.32 bits per heavy atom. The van der Waals surface area contributed by atoms with E-state index in [0.717, 1.165) is 0 Å². The van der Waals surface area contributed by atoms with Gasteiger partial charge in [0, 0.05) is 19.7 Å². The summed E-state index contributed by atoms with van der Waals surface area (Å²) in [5, 5.41) is 4.19. The number of fused-ring (bicyclic) bond motifs is 1. The lowest BCUT2D eigenvalue weighted by molar-refractivity contribution is 0.0703. The summed E-state index contributed by atoms with van der Waals surface area (Å²) in [6.45, 7) is 2.53. The maximum absolute atomic E-state index is 12.7. The van der Waals surface area contributed by atoms with Gasteiger partial charge < -0.3 is 18.6 Å². The van der Waals surface area contributed by atoms with Gasteiger partial charge in [-0.05, 0) is 19.1 Å². The van der Waals surface area contributed by atoms with Crippen molar-refractivity contribution in [3.05, 3.63) is 58.0 Å². The van der Waals surface area contributed by atoms with Gasteiger partial charge in [0.1, 0.15) is 18.7 Å². The van der Waals surface area contributed by atoms with Crippen LogP contribution in [-0.4, -0.2) is 34.6 Å². The number of ether oxygens (including phenoxy) is 1. The fraction of sp³-hybridized carbons (Fsp3) is 0.294. The van der Waals surface area contributed by atoms with E-state index < -0.39 is 5.91 Å². The Morgan fingerprint density at radius 3 is 2.88 bits per heavy atom. The number of amides is 1. The molecule has 0 spiro atoms. The second-order valence-electron chi connectivity index (χ2n) is 5.33. The second-order valence-corrected chi connectivity index (χ2v) is 5.33. The maximum Gasteiger partial charge on any atom is 0.290 e. The van der Waals surface area contributed by atoms with Crippen molar-refractivity contribution >= 4 is 16.9 Å². The minimum absolute atomic E-state index is 0.0258. The van der Waals surface area contributed by atoms with Crippen molar-refractivity contribution in [1.82, 2.24) is 15.0 Å². The van der Waals surface area contributed by atoms with E-state index in [1.807, 2.05) is 6.92 Å². The summed E-state index contributed by atoms with van der Waals surface area (Å²) in [7, 11) is 1.53. The molecule has 0 aliphatic rings. The molecule has 0 saturated heterocycles. The van der Waals surface area contributed by atoms with Crippen LogP contribution in [0.5, 0.6) is 0 Å². The van der Waals surface area contributed by atoms with E-state index in [1.54, 1.807) is 24.3 Å². The van der Waals surface area contributed by atoms with Crippen LogP contribution >= 0.6 is 0 Å². The Labute approximate surface area is 143 Å². The number of para-hydroxylation sites is 1. The van der Waals surface area contributed by atoms with Crippen molar-refractivity contribution in [2.75, 3.05) is 13.7 Å². The first-order chi connectivity index (χ1) is 12.1. The van der Waals surface area contributed by atoms with Crippen LogP contribution < -0.4 is 5.43 Å². The number of hydrogen-bond acceptors (Lipinski definition) is 7. The lowest BCUT2D eigenvalue weighted by Gasteiger charge is -2.17. The van der Waals surface area contributed by atoms with Crippen LogP contribution in [0.15, 0.2) is 44.1 Å². The first kappa shape index (κ1) is 16.8. The van der Waals surface area contributed by atoms with E-state index in [9.17, 15) is 9.59 Å². The minimum atomic E-state index is -0.420. The van der Waals surface area contributed by atoms with Gasteiger partial charge >= 0.3 is 0 Å². The second kappa shape index (κ2) is 7.27. The smallest absolute Gasteiger partial charge is 0.290 e. The molecule has 0 aliphatic heterocycles. The average molecular weight is 343 g/mol. The summed E-state index contributed by atoms with van der Waals surface area (Å²) in [5.74, 6) is 0.239. The number of methoxy groups -OCH3 is 1. The highest BCUT2D eigenvalue weighted by atomic mass is 16.5. The highest BCUT2D eigenvalue weighted by Crippen LogP contribution is 2.14. The lowest BCUT2D eigenvalue weighted by atomic mass is 10.2. The summed E-state index contributed by atoms with van der Waals surface area (Å²) < 4.78 is 15.6. The Kier molecular flexibility index (Phi) is 4.90. The van der Waals surface area contributed by atoms with Gasteiger partial charge in [0.15, 0.2) is 17.0 Å². The number of aromatic nitrogens is 2. The third-order valence-corrected chi connectivity index (χ3v) is 3.62. The van der Waals surface area contributed by atoms with Crippen LogP contribution in [0.25, 0.3) is 11.0 Å². The normalized spacial score (nSPS) is 11.0. The summed E-state index contributed by atoms with van der Waals surface area (Å²) >= 11 is 0. The van der Waals surface area contributed by atoms with Gasteiger partial charge in [-0.25, -0.2) is 0 Å². The zero-order valence-corrected chi connectivity index (χ0v) is 13.9. The van der Waals surface area contributed by atoms with E-state index in [4.69, 9.17) is 13.7 Å². The molecule has 0 bridgehead atoms. The summed E-state index contributed by atoms with van der Waals surface area (Å²) in [6.07, 6.45) is 0. The molecular formula is C17H17N3O5. The number of rotatable bonds is 6. The first-order valence-corrected chi connectivity index (χ1v) is 7.75. The first-order valence-electron chi connectivity index (χ1n) is 7.75. The molecule has 0 unspecified atom stereocenters. The number of carbonyl (C=O) groups is 1. The van der Waals surface area contributed by atoms with E-state index in [0.29, 0.717) is 23.3 Å². The molecule has 25 heavy (non-hydrogen) atoms. The van der Waals surface area contributed by atoms with Crippen LogP contribution in [0, 0.1) is 0 Å². The average Bonchev–Trinajstić information content (AvgIpc) is 3.06. The fourth-order valence-electron chi connectivity index (χ4n) is 2.40. The molecule has 0 atom stereocenters. The van der Waals surface area contributed by atoms with E-state index >= 15 is 0 Å². The lowest BCUT2D eigenvalue weighted by Crippen LogP contribution is -2.31. The van der Waals surface area contributed by atoms with E-state index in [-0.39, 0.29) is 30.2 Å². The molecule has 0 fully saturated rings. The number of benzene rings is 1. The predicted molar refractivity (Wildman–Crippen MR) is 87.9 cm³/mol. The molecule has 0 aliphatic carbocycles. The topological polar surface area (TPSA) is 98.7 Å². The zero-order valence-electron chi connectivity index (χ0n) is 13.9. The molecule has 2 aromatic heterocycles. The summed E-state index contributed by atoms with van der Waals surface area (Å²) in [5.41, 5.74) is 0.107. The van der Waals surface area contributed by atoms with Gasteiger partial charge in [0.05, 0.1) is 5.39 Å². The predicted octanol–water partition coefficient (Wildman–Crippen LogP) is 1.98. The van der Waals surface area contributed by atoms with Crippen molar-refractivity contribution in [2.45, 2.75) is 20.1 Å². The standard InChI is InChI=1S/C17H17N3O5/c1-3-20(9-16-18-15(10-23-2)19-25-16)17(22)14-8-12(21)11-6-4-5-7-13(11)24-14/h4-8H,3,9-10H2,1-2H3. The minimum Gasteiger partial charge on any atom is -0.451 e.